The second kappa shape index (κ2) is 7.03. The summed E-state index contributed by atoms with van der Waals surface area (Å²) in [7, 11) is 2.01. The van der Waals surface area contributed by atoms with Gasteiger partial charge in [-0.1, -0.05) is 50.6 Å². The third-order valence-corrected chi connectivity index (χ3v) is 3.49. The SMILES string of the molecule is CNC(CC(C)CC(C)C)c1ccccc1Cl. The molecule has 0 saturated heterocycles. The normalized spacial score (nSPS) is 14.9. The van der Waals surface area contributed by atoms with Gasteiger partial charge in [0, 0.05) is 11.1 Å². The Morgan fingerprint density at radius 2 is 1.76 bits per heavy atom. The van der Waals surface area contributed by atoms with Crippen LogP contribution in [0.5, 0.6) is 0 Å². The highest BCUT2D eigenvalue weighted by molar-refractivity contribution is 6.31. The quantitative estimate of drug-likeness (QED) is 0.777. The van der Waals surface area contributed by atoms with Gasteiger partial charge in [-0.3, -0.25) is 0 Å². The lowest BCUT2D eigenvalue weighted by Gasteiger charge is -2.23. The second-order valence-corrected chi connectivity index (χ2v) is 5.74. The molecule has 1 N–H and O–H groups in total. The first-order valence-electron chi connectivity index (χ1n) is 6.46. The molecule has 0 aliphatic heterocycles. The first-order valence-corrected chi connectivity index (χ1v) is 6.84. The summed E-state index contributed by atoms with van der Waals surface area (Å²) in [6.45, 7) is 6.88. The zero-order valence-electron chi connectivity index (χ0n) is 11.3. The third kappa shape index (κ3) is 4.69. The van der Waals surface area contributed by atoms with Crippen LogP contribution in [0.15, 0.2) is 24.3 Å². The summed E-state index contributed by atoms with van der Waals surface area (Å²) in [5.41, 5.74) is 1.22. The molecule has 2 heteroatoms. The fraction of sp³-hybridized carbons (Fsp3) is 0.600. The molecule has 0 heterocycles. The predicted molar refractivity (Wildman–Crippen MR) is 76.5 cm³/mol. The molecule has 17 heavy (non-hydrogen) atoms. The van der Waals surface area contributed by atoms with Crippen LogP contribution in [-0.2, 0) is 0 Å². The molecule has 0 spiro atoms. The van der Waals surface area contributed by atoms with E-state index in [4.69, 9.17) is 11.6 Å². The van der Waals surface area contributed by atoms with Gasteiger partial charge in [0.1, 0.15) is 0 Å². The van der Waals surface area contributed by atoms with E-state index in [1.165, 1.54) is 12.0 Å². The van der Waals surface area contributed by atoms with Crippen molar-refractivity contribution in [2.75, 3.05) is 7.05 Å². The van der Waals surface area contributed by atoms with Crippen molar-refractivity contribution in [3.8, 4) is 0 Å². The van der Waals surface area contributed by atoms with Crippen molar-refractivity contribution in [1.29, 1.82) is 0 Å². The van der Waals surface area contributed by atoms with E-state index in [2.05, 4.69) is 38.2 Å². The number of benzene rings is 1. The lowest BCUT2D eigenvalue weighted by molar-refractivity contribution is 0.366. The molecule has 2 unspecified atom stereocenters. The van der Waals surface area contributed by atoms with E-state index in [1.54, 1.807) is 0 Å². The van der Waals surface area contributed by atoms with E-state index in [1.807, 2.05) is 19.2 Å². The van der Waals surface area contributed by atoms with Crippen LogP contribution in [0.4, 0.5) is 0 Å². The van der Waals surface area contributed by atoms with E-state index in [0.29, 0.717) is 12.0 Å². The molecule has 0 fully saturated rings. The van der Waals surface area contributed by atoms with Crippen LogP contribution in [0.2, 0.25) is 5.02 Å². The molecule has 0 saturated carbocycles. The molecule has 1 aromatic rings. The van der Waals surface area contributed by atoms with Gasteiger partial charge in [-0.15, -0.1) is 0 Å². The molecule has 2 atom stereocenters. The van der Waals surface area contributed by atoms with Gasteiger partial charge in [0.2, 0.25) is 0 Å². The zero-order valence-corrected chi connectivity index (χ0v) is 12.1. The standard InChI is InChI=1S/C15H24ClN/c1-11(2)9-12(3)10-15(17-4)13-7-5-6-8-14(13)16/h5-8,11-12,15,17H,9-10H2,1-4H3. The Morgan fingerprint density at radius 1 is 1.12 bits per heavy atom. The van der Waals surface area contributed by atoms with Gasteiger partial charge in [-0.05, 0) is 43.4 Å². The number of nitrogens with one attached hydrogen (secondary N) is 1. The molecular formula is C15H24ClN. The number of hydrogen-bond donors (Lipinski definition) is 1. The smallest absolute Gasteiger partial charge is 0.0453 e. The summed E-state index contributed by atoms with van der Waals surface area (Å²) < 4.78 is 0. The van der Waals surface area contributed by atoms with Gasteiger partial charge in [0.15, 0.2) is 0 Å². The Bertz CT molecular complexity index is 335. The van der Waals surface area contributed by atoms with Crippen molar-refractivity contribution in [1.82, 2.24) is 5.32 Å². The van der Waals surface area contributed by atoms with Crippen molar-refractivity contribution < 1.29 is 0 Å². The second-order valence-electron chi connectivity index (χ2n) is 5.33. The average molecular weight is 254 g/mol. The highest BCUT2D eigenvalue weighted by Crippen LogP contribution is 2.29. The first kappa shape index (κ1) is 14.5. The van der Waals surface area contributed by atoms with Gasteiger partial charge < -0.3 is 5.32 Å². The topological polar surface area (TPSA) is 12.0 Å². The van der Waals surface area contributed by atoms with Crippen LogP contribution >= 0.6 is 11.6 Å². The highest BCUT2D eigenvalue weighted by Gasteiger charge is 2.16. The molecule has 0 amide bonds. The summed E-state index contributed by atoms with van der Waals surface area (Å²) in [6.07, 6.45) is 2.40. The summed E-state index contributed by atoms with van der Waals surface area (Å²) in [5, 5.41) is 4.24. The van der Waals surface area contributed by atoms with Gasteiger partial charge in [-0.25, -0.2) is 0 Å². The Morgan fingerprint density at radius 3 is 2.29 bits per heavy atom. The maximum atomic E-state index is 6.25. The largest absolute Gasteiger partial charge is 0.313 e. The van der Waals surface area contributed by atoms with Crippen molar-refractivity contribution in [2.45, 2.75) is 39.7 Å². The van der Waals surface area contributed by atoms with Crippen molar-refractivity contribution in [3.05, 3.63) is 34.9 Å². The van der Waals surface area contributed by atoms with E-state index in [-0.39, 0.29) is 0 Å². The van der Waals surface area contributed by atoms with Crippen LogP contribution in [0.3, 0.4) is 0 Å². The maximum absolute atomic E-state index is 6.25. The molecular weight excluding hydrogens is 230 g/mol. The molecule has 0 aromatic heterocycles. The lowest BCUT2D eigenvalue weighted by Crippen LogP contribution is -2.20. The van der Waals surface area contributed by atoms with Crippen LogP contribution in [-0.4, -0.2) is 7.05 Å². The van der Waals surface area contributed by atoms with Crippen LogP contribution < -0.4 is 5.32 Å². The maximum Gasteiger partial charge on any atom is 0.0453 e. The van der Waals surface area contributed by atoms with Crippen molar-refractivity contribution >= 4 is 11.6 Å². The fourth-order valence-electron chi connectivity index (χ4n) is 2.46. The Kier molecular flexibility index (Phi) is 6.01. The predicted octanol–water partition coefficient (Wildman–Crippen LogP) is 4.67. The minimum atomic E-state index is 0.359. The monoisotopic (exact) mass is 253 g/mol. The molecule has 1 rings (SSSR count). The van der Waals surface area contributed by atoms with E-state index in [9.17, 15) is 0 Å². The van der Waals surface area contributed by atoms with Gasteiger partial charge in [0.25, 0.3) is 0 Å². The van der Waals surface area contributed by atoms with Crippen LogP contribution in [0.25, 0.3) is 0 Å². The number of rotatable bonds is 6. The molecule has 0 aliphatic carbocycles. The minimum absolute atomic E-state index is 0.359. The molecule has 0 bridgehead atoms. The molecule has 0 radical (unpaired) electrons. The number of hydrogen-bond acceptors (Lipinski definition) is 1. The molecule has 1 aromatic carbocycles. The molecule has 96 valence electrons. The van der Waals surface area contributed by atoms with Gasteiger partial charge in [-0.2, -0.15) is 0 Å². The lowest BCUT2D eigenvalue weighted by atomic mass is 9.90. The average Bonchev–Trinajstić information content (AvgIpc) is 2.26. The minimum Gasteiger partial charge on any atom is -0.313 e. The van der Waals surface area contributed by atoms with E-state index in [0.717, 1.165) is 17.4 Å². The summed E-state index contributed by atoms with van der Waals surface area (Å²) >= 11 is 6.25. The van der Waals surface area contributed by atoms with Crippen molar-refractivity contribution in [3.63, 3.8) is 0 Å². The number of halogens is 1. The Balaban J connectivity index is 2.69. The fourth-order valence-corrected chi connectivity index (χ4v) is 2.73. The Hall–Kier alpha value is -0.530. The zero-order chi connectivity index (χ0) is 12.8. The molecule has 1 nitrogen and oxygen atoms in total. The first-order chi connectivity index (χ1) is 8.04. The molecule has 0 aliphatic rings. The summed E-state index contributed by atoms with van der Waals surface area (Å²) in [6, 6.07) is 8.48. The van der Waals surface area contributed by atoms with Crippen molar-refractivity contribution in [2.24, 2.45) is 11.8 Å². The van der Waals surface area contributed by atoms with E-state index < -0.39 is 0 Å². The van der Waals surface area contributed by atoms with Gasteiger partial charge in [0.05, 0.1) is 0 Å². The van der Waals surface area contributed by atoms with Crippen LogP contribution in [0.1, 0.15) is 45.2 Å². The van der Waals surface area contributed by atoms with E-state index >= 15 is 0 Å². The van der Waals surface area contributed by atoms with Crippen LogP contribution in [0, 0.1) is 11.8 Å². The summed E-state index contributed by atoms with van der Waals surface area (Å²) in [5.74, 6) is 1.47. The highest BCUT2D eigenvalue weighted by atomic mass is 35.5. The Labute approximate surface area is 111 Å². The van der Waals surface area contributed by atoms with Gasteiger partial charge >= 0.3 is 0 Å². The third-order valence-electron chi connectivity index (χ3n) is 3.14. The summed E-state index contributed by atoms with van der Waals surface area (Å²) in [4.78, 5) is 0.